The molecule has 1 aromatic carbocycles. The molecule has 23 heavy (non-hydrogen) atoms. The maximum Gasteiger partial charge on any atom is 0.152 e. The van der Waals surface area contributed by atoms with Gasteiger partial charge in [-0.3, -0.25) is 0 Å². The molecule has 0 aliphatic carbocycles. The second-order valence-corrected chi connectivity index (χ2v) is 5.49. The van der Waals surface area contributed by atoms with E-state index >= 15 is 0 Å². The highest BCUT2D eigenvalue weighted by Crippen LogP contribution is 2.19. The number of rotatable bonds is 6. The largest absolute Gasteiger partial charge is 0.497 e. The highest BCUT2D eigenvalue weighted by atomic mass is 35.5. The maximum absolute atomic E-state index is 6.18. The van der Waals surface area contributed by atoms with Crippen LogP contribution >= 0.6 is 11.6 Å². The molecule has 3 aromatic rings. The molecule has 0 saturated heterocycles. The van der Waals surface area contributed by atoms with Gasteiger partial charge in [-0.05, 0) is 42.0 Å². The van der Waals surface area contributed by atoms with E-state index in [-0.39, 0.29) is 0 Å². The van der Waals surface area contributed by atoms with Crippen molar-refractivity contribution in [3.8, 4) is 11.4 Å². The molecule has 0 fully saturated rings. The normalized spacial score (nSPS) is 10.7. The molecule has 0 unspecified atom stereocenters. The van der Waals surface area contributed by atoms with Crippen molar-refractivity contribution in [3.63, 3.8) is 0 Å². The second-order valence-electron chi connectivity index (χ2n) is 5.13. The minimum absolute atomic E-state index is 0.500. The van der Waals surface area contributed by atoms with Crippen LogP contribution in [0.1, 0.15) is 11.3 Å². The molecule has 5 heteroatoms. The Balaban J connectivity index is 1.65. The summed E-state index contributed by atoms with van der Waals surface area (Å²) in [6.45, 7) is 1.53. The first kappa shape index (κ1) is 15.6. The van der Waals surface area contributed by atoms with Crippen LogP contribution in [0.2, 0.25) is 5.15 Å². The predicted octanol–water partition coefficient (Wildman–Crippen LogP) is 3.82. The van der Waals surface area contributed by atoms with Crippen molar-refractivity contribution in [2.45, 2.75) is 13.1 Å². The standard InChI is InChI=1S/C18H18ClN3O/c1-23-16-8-6-14(7-9-16)12-20-13-15-4-3-11-22(15)17-5-2-10-21-18(17)19/h2-11,20H,12-13H2,1H3. The second kappa shape index (κ2) is 7.31. The van der Waals surface area contributed by atoms with Gasteiger partial charge in [0.05, 0.1) is 12.8 Å². The SMILES string of the molecule is COc1ccc(CNCc2cccn2-c2cccnc2Cl)cc1. The summed E-state index contributed by atoms with van der Waals surface area (Å²) in [6, 6.07) is 16.0. The predicted molar refractivity (Wildman–Crippen MR) is 92.1 cm³/mol. The van der Waals surface area contributed by atoms with Crippen LogP contribution in [0.25, 0.3) is 5.69 Å². The van der Waals surface area contributed by atoms with Gasteiger partial charge in [-0.25, -0.2) is 4.98 Å². The molecule has 0 spiro atoms. The van der Waals surface area contributed by atoms with E-state index < -0.39 is 0 Å². The number of pyridine rings is 1. The third kappa shape index (κ3) is 3.73. The number of nitrogens with zero attached hydrogens (tertiary/aromatic N) is 2. The van der Waals surface area contributed by atoms with Crippen LogP contribution in [0.3, 0.4) is 0 Å². The van der Waals surface area contributed by atoms with Gasteiger partial charge in [0.1, 0.15) is 5.75 Å². The Bertz CT molecular complexity index is 768. The van der Waals surface area contributed by atoms with Crippen LogP contribution in [0, 0.1) is 0 Å². The average molecular weight is 328 g/mol. The first-order chi connectivity index (χ1) is 11.3. The summed E-state index contributed by atoms with van der Waals surface area (Å²) >= 11 is 6.18. The van der Waals surface area contributed by atoms with Gasteiger partial charge in [0.2, 0.25) is 0 Å². The highest BCUT2D eigenvalue weighted by molar-refractivity contribution is 6.31. The molecule has 1 N–H and O–H groups in total. The van der Waals surface area contributed by atoms with Crippen molar-refractivity contribution in [3.05, 3.63) is 77.3 Å². The lowest BCUT2D eigenvalue weighted by Crippen LogP contribution is -2.15. The van der Waals surface area contributed by atoms with Gasteiger partial charge in [-0.2, -0.15) is 0 Å². The number of hydrogen-bond donors (Lipinski definition) is 1. The zero-order valence-corrected chi connectivity index (χ0v) is 13.6. The molecule has 0 radical (unpaired) electrons. The zero-order valence-electron chi connectivity index (χ0n) is 12.9. The third-order valence-corrected chi connectivity index (χ3v) is 3.92. The fourth-order valence-electron chi connectivity index (χ4n) is 2.43. The van der Waals surface area contributed by atoms with Crippen molar-refractivity contribution >= 4 is 11.6 Å². The first-order valence-corrected chi connectivity index (χ1v) is 7.76. The van der Waals surface area contributed by atoms with E-state index in [0.29, 0.717) is 5.15 Å². The molecule has 0 amide bonds. The summed E-state index contributed by atoms with van der Waals surface area (Å²) in [7, 11) is 1.67. The van der Waals surface area contributed by atoms with E-state index in [0.717, 1.165) is 30.2 Å². The number of halogens is 1. The van der Waals surface area contributed by atoms with Gasteiger partial charge in [0.15, 0.2) is 5.15 Å². The Morgan fingerprint density at radius 2 is 1.91 bits per heavy atom. The van der Waals surface area contributed by atoms with Crippen molar-refractivity contribution < 1.29 is 4.74 Å². The fourth-order valence-corrected chi connectivity index (χ4v) is 2.64. The van der Waals surface area contributed by atoms with E-state index in [1.165, 1.54) is 5.56 Å². The molecule has 0 bridgehead atoms. The molecular weight excluding hydrogens is 310 g/mol. The van der Waals surface area contributed by atoms with Crippen molar-refractivity contribution in [1.82, 2.24) is 14.9 Å². The number of nitrogens with one attached hydrogen (secondary N) is 1. The number of ether oxygens (including phenoxy) is 1. The first-order valence-electron chi connectivity index (χ1n) is 7.38. The lowest BCUT2D eigenvalue weighted by atomic mass is 10.2. The maximum atomic E-state index is 6.18. The van der Waals surface area contributed by atoms with Crippen molar-refractivity contribution in [2.75, 3.05) is 7.11 Å². The van der Waals surface area contributed by atoms with E-state index in [1.807, 2.05) is 36.5 Å². The Hall–Kier alpha value is -2.30. The van der Waals surface area contributed by atoms with Crippen LogP contribution in [-0.2, 0) is 13.1 Å². The number of aromatic nitrogens is 2. The molecule has 0 aliphatic rings. The van der Waals surface area contributed by atoms with Crippen molar-refractivity contribution in [1.29, 1.82) is 0 Å². The Labute approximate surface area is 140 Å². The van der Waals surface area contributed by atoms with Gasteiger partial charge in [-0.15, -0.1) is 0 Å². The van der Waals surface area contributed by atoms with Crippen LogP contribution in [-0.4, -0.2) is 16.7 Å². The van der Waals surface area contributed by atoms with Gasteiger partial charge in [-0.1, -0.05) is 23.7 Å². The number of benzene rings is 1. The topological polar surface area (TPSA) is 39.1 Å². The molecule has 0 aliphatic heterocycles. The lowest BCUT2D eigenvalue weighted by molar-refractivity contribution is 0.414. The van der Waals surface area contributed by atoms with Crippen molar-refractivity contribution in [2.24, 2.45) is 0 Å². The summed E-state index contributed by atoms with van der Waals surface area (Å²) in [5.74, 6) is 0.869. The molecule has 4 nitrogen and oxygen atoms in total. The Morgan fingerprint density at radius 1 is 1.09 bits per heavy atom. The number of methoxy groups -OCH3 is 1. The average Bonchev–Trinajstić information content (AvgIpc) is 3.04. The Kier molecular flexibility index (Phi) is 4.95. The van der Waals surface area contributed by atoms with Gasteiger partial charge >= 0.3 is 0 Å². The quantitative estimate of drug-likeness (QED) is 0.699. The van der Waals surface area contributed by atoms with Crippen LogP contribution in [0.4, 0.5) is 0 Å². The number of hydrogen-bond acceptors (Lipinski definition) is 3. The highest BCUT2D eigenvalue weighted by Gasteiger charge is 2.07. The third-order valence-electron chi connectivity index (χ3n) is 3.63. The molecule has 2 heterocycles. The van der Waals surface area contributed by atoms with E-state index in [4.69, 9.17) is 16.3 Å². The molecule has 0 saturated carbocycles. The summed E-state index contributed by atoms with van der Waals surface area (Å²) < 4.78 is 7.22. The van der Waals surface area contributed by atoms with Crippen LogP contribution in [0.15, 0.2) is 60.9 Å². The van der Waals surface area contributed by atoms with E-state index in [2.05, 4.69) is 33.1 Å². The van der Waals surface area contributed by atoms with Crippen LogP contribution < -0.4 is 10.1 Å². The summed E-state index contributed by atoms with van der Waals surface area (Å²) in [6.07, 6.45) is 3.68. The summed E-state index contributed by atoms with van der Waals surface area (Å²) in [5.41, 5.74) is 3.23. The lowest BCUT2D eigenvalue weighted by Gasteiger charge is -2.11. The van der Waals surface area contributed by atoms with Gasteiger partial charge in [0, 0.05) is 31.2 Å². The fraction of sp³-hybridized carbons (Fsp3) is 0.167. The summed E-state index contributed by atoms with van der Waals surface area (Å²) in [5, 5.41) is 3.95. The smallest absolute Gasteiger partial charge is 0.152 e. The zero-order chi connectivity index (χ0) is 16.1. The summed E-state index contributed by atoms with van der Waals surface area (Å²) in [4.78, 5) is 4.13. The molecule has 2 aromatic heterocycles. The Morgan fingerprint density at radius 3 is 2.65 bits per heavy atom. The molecule has 118 valence electrons. The minimum Gasteiger partial charge on any atom is -0.497 e. The van der Waals surface area contributed by atoms with Gasteiger partial charge in [0.25, 0.3) is 0 Å². The molecular formula is C18H18ClN3O. The molecule has 0 atom stereocenters. The van der Waals surface area contributed by atoms with E-state index in [1.54, 1.807) is 13.3 Å². The minimum atomic E-state index is 0.500. The van der Waals surface area contributed by atoms with Crippen LogP contribution in [0.5, 0.6) is 5.75 Å². The van der Waals surface area contributed by atoms with Gasteiger partial charge < -0.3 is 14.6 Å². The van der Waals surface area contributed by atoms with E-state index in [9.17, 15) is 0 Å². The molecule has 3 rings (SSSR count). The monoisotopic (exact) mass is 327 g/mol.